The van der Waals surface area contributed by atoms with Crippen molar-refractivity contribution in [1.82, 2.24) is 0 Å². The standard InChI is InChI=1S/C15H13Br2NO2S/c1-20-15(19)9-2-3-10(12(17)6-9)8-21-14-7-11(16)4-5-13(14)18/h2-7H,8,18H2,1H3. The fourth-order valence-electron chi connectivity index (χ4n) is 1.70. The van der Waals surface area contributed by atoms with Crippen molar-refractivity contribution in [3.05, 3.63) is 56.5 Å². The maximum Gasteiger partial charge on any atom is 0.337 e. The molecule has 0 amide bonds. The lowest BCUT2D eigenvalue weighted by Crippen LogP contribution is -2.01. The molecule has 0 aliphatic heterocycles. The van der Waals surface area contributed by atoms with E-state index >= 15 is 0 Å². The lowest BCUT2D eigenvalue weighted by atomic mass is 10.1. The van der Waals surface area contributed by atoms with Crippen molar-refractivity contribution in [2.75, 3.05) is 12.8 Å². The van der Waals surface area contributed by atoms with E-state index in [0.29, 0.717) is 5.56 Å². The third-order valence-electron chi connectivity index (χ3n) is 2.83. The molecule has 2 rings (SSSR count). The second kappa shape index (κ2) is 7.33. The van der Waals surface area contributed by atoms with Crippen molar-refractivity contribution in [2.45, 2.75) is 10.6 Å². The van der Waals surface area contributed by atoms with E-state index in [1.54, 1.807) is 23.9 Å². The van der Waals surface area contributed by atoms with Crippen LogP contribution >= 0.6 is 43.6 Å². The SMILES string of the molecule is COC(=O)c1ccc(CSc2cc(Br)ccc2N)c(Br)c1. The molecule has 0 radical (unpaired) electrons. The van der Waals surface area contributed by atoms with E-state index in [-0.39, 0.29) is 5.97 Å². The van der Waals surface area contributed by atoms with Gasteiger partial charge in [0.2, 0.25) is 0 Å². The molecule has 3 nitrogen and oxygen atoms in total. The third-order valence-corrected chi connectivity index (χ3v) is 5.18. The summed E-state index contributed by atoms with van der Waals surface area (Å²) in [5.41, 5.74) is 8.33. The third kappa shape index (κ3) is 4.25. The van der Waals surface area contributed by atoms with Gasteiger partial charge in [0.05, 0.1) is 12.7 Å². The summed E-state index contributed by atoms with van der Waals surface area (Å²) in [6.07, 6.45) is 0. The Labute approximate surface area is 144 Å². The first kappa shape index (κ1) is 16.4. The van der Waals surface area contributed by atoms with Crippen molar-refractivity contribution in [1.29, 1.82) is 0 Å². The second-order valence-corrected chi connectivity index (χ2v) is 7.06. The van der Waals surface area contributed by atoms with Gasteiger partial charge in [-0.05, 0) is 35.9 Å². The Hall–Kier alpha value is -0.980. The van der Waals surface area contributed by atoms with Crippen LogP contribution in [0.4, 0.5) is 5.69 Å². The molecular formula is C15H13Br2NO2S. The Morgan fingerprint density at radius 1 is 1.24 bits per heavy atom. The highest BCUT2D eigenvalue weighted by Gasteiger charge is 2.09. The smallest absolute Gasteiger partial charge is 0.337 e. The van der Waals surface area contributed by atoms with E-state index in [0.717, 1.165) is 30.8 Å². The average molecular weight is 431 g/mol. The molecule has 21 heavy (non-hydrogen) atoms. The van der Waals surface area contributed by atoms with Gasteiger partial charge < -0.3 is 10.5 Å². The van der Waals surface area contributed by atoms with Crippen LogP contribution in [0.2, 0.25) is 0 Å². The summed E-state index contributed by atoms with van der Waals surface area (Å²) in [5.74, 6) is 0.411. The maximum atomic E-state index is 11.5. The molecule has 0 atom stereocenters. The lowest BCUT2D eigenvalue weighted by molar-refractivity contribution is 0.0600. The number of thioether (sulfide) groups is 1. The number of carbonyl (C=O) groups excluding carboxylic acids is 1. The number of ether oxygens (including phenoxy) is 1. The van der Waals surface area contributed by atoms with Crippen LogP contribution in [0.3, 0.4) is 0 Å². The minimum absolute atomic E-state index is 0.342. The van der Waals surface area contributed by atoms with Crippen LogP contribution in [0.25, 0.3) is 0 Å². The topological polar surface area (TPSA) is 52.3 Å². The van der Waals surface area contributed by atoms with Gasteiger partial charge in [-0.1, -0.05) is 37.9 Å². The van der Waals surface area contributed by atoms with Gasteiger partial charge in [0.15, 0.2) is 0 Å². The molecular weight excluding hydrogens is 418 g/mol. The van der Waals surface area contributed by atoms with Crippen molar-refractivity contribution < 1.29 is 9.53 Å². The number of methoxy groups -OCH3 is 1. The van der Waals surface area contributed by atoms with E-state index in [2.05, 4.69) is 31.9 Å². The molecule has 6 heteroatoms. The maximum absolute atomic E-state index is 11.5. The lowest BCUT2D eigenvalue weighted by Gasteiger charge is -2.09. The molecule has 0 bridgehead atoms. The molecule has 0 spiro atoms. The van der Waals surface area contributed by atoms with Crippen LogP contribution in [0.5, 0.6) is 0 Å². The van der Waals surface area contributed by atoms with Crippen molar-refractivity contribution in [2.24, 2.45) is 0 Å². The predicted octanol–water partition coefficient (Wildman–Crippen LogP) is 4.87. The molecule has 0 fully saturated rings. The number of anilines is 1. The molecule has 2 aromatic carbocycles. The van der Waals surface area contributed by atoms with E-state index in [9.17, 15) is 4.79 Å². The van der Waals surface area contributed by atoms with Crippen LogP contribution in [0.1, 0.15) is 15.9 Å². The number of nitrogen functional groups attached to an aromatic ring is 1. The Bertz CT molecular complexity index is 677. The number of carbonyl (C=O) groups is 1. The quantitative estimate of drug-likeness (QED) is 0.427. The van der Waals surface area contributed by atoms with Crippen LogP contribution in [0, 0.1) is 0 Å². The molecule has 0 aromatic heterocycles. The number of hydrogen-bond donors (Lipinski definition) is 1. The largest absolute Gasteiger partial charge is 0.465 e. The highest BCUT2D eigenvalue weighted by molar-refractivity contribution is 9.10. The highest BCUT2D eigenvalue weighted by atomic mass is 79.9. The van der Waals surface area contributed by atoms with E-state index in [1.165, 1.54) is 7.11 Å². The predicted molar refractivity (Wildman–Crippen MR) is 93.6 cm³/mol. The zero-order valence-electron chi connectivity index (χ0n) is 11.2. The van der Waals surface area contributed by atoms with Gasteiger partial charge in [0.25, 0.3) is 0 Å². The molecule has 110 valence electrons. The average Bonchev–Trinajstić information content (AvgIpc) is 2.48. The summed E-state index contributed by atoms with van der Waals surface area (Å²) in [7, 11) is 1.37. The number of benzene rings is 2. The first-order valence-corrected chi connectivity index (χ1v) is 8.63. The number of halogens is 2. The Morgan fingerprint density at radius 2 is 2.00 bits per heavy atom. The monoisotopic (exact) mass is 429 g/mol. The van der Waals surface area contributed by atoms with Gasteiger partial charge in [-0.15, -0.1) is 11.8 Å². The van der Waals surface area contributed by atoms with Crippen LogP contribution in [-0.2, 0) is 10.5 Å². The normalized spacial score (nSPS) is 10.4. The minimum atomic E-state index is -0.342. The number of nitrogens with two attached hydrogens (primary N) is 1. The molecule has 0 saturated carbocycles. The van der Waals surface area contributed by atoms with E-state index in [4.69, 9.17) is 10.5 Å². The summed E-state index contributed by atoms with van der Waals surface area (Å²) in [6.45, 7) is 0. The molecule has 0 saturated heterocycles. The fourth-order valence-corrected chi connectivity index (χ4v) is 3.92. The summed E-state index contributed by atoms with van der Waals surface area (Å²) in [6, 6.07) is 11.2. The summed E-state index contributed by atoms with van der Waals surface area (Å²) in [4.78, 5) is 12.5. The second-order valence-electron chi connectivity index (χ2n) is 4.27. The van der Waals surface area contributed by atoms with Crippen LogP contribution in [0.15, 0.2) is 50.2 Å². The molecule has 0 heterocycles. The molecule has 0 aliphatic rings. The van der Waals surface area contributed by atoms with Crippen LogP contribution in [-0.4, -0.2) is 13.1 Å². The Kier molecular flexibility index (Phi) is 5.72. The van der Waals surface area contributed by atoms with Gasteiger partial charge in [-0.25, -0.2) is 4.79 Å². The number of rotatable bonds is 4. The summed E-state index contributed by atoms with van der Waals surface area (Å²) < 4.78 is 6.58. The minimum Gasteiger partial charge on any atom is -0.465 e. The first-order valence-electron chi connectivity index (χ1n) is 6.06. The molecule has 2 N–H and O–H groups in total. The Morgan fingerprint density at radius 3 is 2.67 bits per heavy atom. The van der Waals surface area contributed by atoms with Gasteiger partial charge >= 0.3 is 5.97 Å². The Balaban J connectivity index is 2.13. The van der Waals surface area contributed by atoms with E-state index < -0.39 is 0 Å². The van der Waals surface area contributed by atoms with Gasteiger partial charge in [0.1, 0.15) is 0 Å². The van der Waals surface area contributed by atoms with Gasteiger partial charge in [-0.3, -0.25) is 0 Å². The van der Waals surface area contributed by atoms with Crippen molar-refractivity contribution in [3.63, 3.8) is 0 Å². The number of esters is 1. The fraction of sp³-hybridized carbons (Fsp3) is 0.133. The van der Waals surface area contributed by atoms with E-state index in [1.807, 2.05) is 24.3 Å². The van der Waals surface area contributed by atoms with Gasteiger partial charge in [0, 0.05) is 25.3 Å². The molecule has 0 unspecified atom stereocenters. The van der Waals surface area contributed by atoms with Crippen molar-refractivity contribution in [3.8, 4) is 0 Å². The number of hydrogen-bond acceptors (Lipinski definition) is 4. The zero-order valence-corrected chi connectivity index (χ0v) is 15.2. The zero-order chi connectivity index (χ0) is 15.4. The van der Waals surface area contributed by atoms with Gasteiger partial charge in [-0.2, -0.15) is 0 Å². The van der Waals surface area contributed by atoms with Crippen molar-refractivity contribution >= 4 is 55.3 Å². The highest BCUT2D eigenvalue weighted by Crippen LogP contribution is 2.32. The van der Waals surface area contributed by atoms with Crippen LogP contribution < -0.4 is 5.73 Å². The summed E-state index contributed by atoms with van der Waals surface area (Å²) in [5, 5.41) is 0. The summed E-state index contributed by atoms with van der Waals surface area (Å²) >= 11 is 8.58. The molecule has 0 aliphatic carbocycles. The molecule has 2 aromatic rings. The first-order chi connectivity index (χ1) is 10.0.